The molecule has 0 bridgehead atoms. The highest BCUT2D eigenvalue weighted by molar-refractivity contribution is 6.26. The monoisotopic (exact) mass is 457 g/mol. The van der Waals surface area contributed by atoms with E-state index in [0.29, 0.717) is 6.21 Å². The molecule has 1 aromatic carbocycles. The molecule has 6 N–H and O–H groups in total. The zero-order valence-electron chi connectivity index (χ0n) is 18.1. The van der Waals surface area contributed by atoms with Gasteiger partial charge >= 0.3 is 5.97 Å². The maximum absolute atomic E-state index is 12.9. The van der Waals surface area contributed by atoms with Crippen LogP contribution in [0.15, 0.2) is 30.5 Å². The molecule has 0 saturated carbocycles. The summed E-state index contributed by atoms with van der Waals surface area (Å²) in [4.78, 5) is 62.7. The summed E-state index contributed by atoms with van der Waals surface area (Å²) in [5, 5.41) is 24.5. The molecule has 0 aliphatic rings. The number of carbonyl (C=O) groups is 5. The molecule has 1 heterocycles. The number of aromatic amines is 1. The van der Waals surface area contributed by atoms with E-state index in [9.17, 15) is 29.1 Å². The first-order chi connectivity index (χ1) is 15.7. The van der Waals surface area contributed by atoms with Crippen molar-refractivity contribution in [2.45, 2.75) is 44.7 Å². The molecular formula is C22H27N5O6. The fourth-order valence-electron chi connectivity index (χ4n) is 3.17. The molecule has 1 aromatic heterocycles. The van der Waals surface area contributed by atoms with Crippen LogP contribution in [0.4, 0.5) is 0 Å². The summed E-state index contributed by atoms with van der Waals surface area (Å²) in [7, 11) is 0. The molecule has 2 atom stereocenters. The van der Waals surface area contributed by atoms with Gasteiger partial charge in [0, 0.05) is 36.4 Å². The van der Waals surface area contributed by atoms with Gasteiger partial charge in [-0.25, -0.2) is 4.79 Å². The summed E-state index contributed by atoms with van der Waals surface area (Å²) in [6.45, 7) is 1.30. The fraction of sp³-hybridized carbons (Fsp3) is 0.364. The number of ketones is 1. The van der Waals surface area contributed by atoms with Crippen LogP contribution in [-0.4, -0.2) is 64.4 Å². The lowest BCUT2D eigenvalue weighted by Crippen LogP contribution is -2.54. The standard InChI is InChI=1S/C22H27N5O6/c1-2-19(29)25-12-20(30)26-18(9-13-11-24-16-6-4-3-5-15(13)16)21(31)27-17(22(32)33)8-7-14(28)10-23/h3-6,10-11,17-18,23-24H,2,7-9,12H2,1H3,(H,25,29)(H,26,30)(H,27,31)(H,32,33)/t17-,18-/m0/s1. The van der Waals surface area contributed by atoms with Crippen molar-refractivity contribution in [3.63, 3.8) is 0 Å². The molecule has 2 rings (SSSR count). The summed E-state index contributed by atoms with van der Waals surface area (Å²) in [6.07, 6.45) is 2.13. The van der Waals surface area contributed by atoms with Crippen LogP contribution in [0.25, 0.3) is 10.9 Å². The molecule has 0 unspecified atom stereocenters. The molecule has 176 valence electrons. The number of carbonyl (C=O) groups excluding carboxylic acids is 4. The van der Waals surface area contributed by atoms with Gasteiger partial charge in [0.2, 0.25) is 17.7 Å². The molecular weight excluding hydrogens is 430 g/mol. The first kappa shape index (κ1) is 25.2. The first-order valence-corrected chi connectivity index (χ1v) is 10.4. The lowest BCUT2D eigenvalue weighted by Gasteiger charge is -2.21. The fourth-order valence-corrected chi connectivity index (χ4v) is 3.17. The summed E-state index contributed by atoms with van der Waals surface area (Å²) in [5.74, 6) is -3.59. The lowest BCUT2D eigenvalue weighted by molar-refractivity contribution is -0.142. The number of aromatic nitrogens is 1. The van der Waals surface area contributed by atoms with Crippen LogP contribution in [-0.2, 0) is 30.4 Å². The third kappa shape index (κ3) is 7.56. The van der Waals surface area contributed by atoms with Gasteiger partial charge in [-0.15, -0.1) is 0 Å². The van der Waals surface area contributed by atoms with Crippen molar-refractivity contribution in [2.24, 2.45) is 0 Å². The zero-order valence-corrected chi connectivity index (χ0v) is 18.1. The largest absolute Gasteiger partial charge is 0.480 e. The van der Waals surface area contributed by atoms with E-state index in [2.05, 4.69) is 20.9 Å². The average molecular weight is 457 g/mol. The molecule has 2 aromatic rings. The van der Waals surface area contributed by atoms with E-state index in [0.717, 1.165) is 16.5 Å². The van der Waals surface area contributed by atoms with Gasteiger partial charge in [0.15, 0.2) is 5.78 Å². The Kier molecular flexibility index (Phi) is 9.28. The predicted molar refractivity (Wildman–Crippen MR) is 120 cm³/mol. The second-order valence-corrected chi connectivity index (χ2v) is 7.36. The topological polar surface area (TPSA) is 181 Å². The minimum Gasteiger partial charge on any atom is -0.480 e. The van der Waals surface area contributed by atoms with Crippen LogP contribution in [0.3, 0.4) is 0 Å². The third-order valence-corrected chi connectivity index (χ3v) is 4.97. The predicted octanol–water partition coefficient (Wildman–Crippen LogP) is 0.290. The third-order valence-electron chi connectivity index (χ3n) is 4.97. The van der Waals surface area contributed by atoms with Crippen molar-refractivity contribution < 1.29 is 29.1 Å². The molecule has 0 fully saturated rings. The number of fused-ring (bicyclic) bond motifs is 1. The number of H-pyrrole nitrogens is 1. The SMILES string of the molecule is CCC(=O)NCC(=O)N[C@@H](Cc1c[nH]c2ccccc12)C(=O)N[C@@H](CCC(=O)C=N)C(=O)O. The van der Waals surface area contributed by atoms with Crippen LogP contribution in [0.2, 0.25) is 0 Å². The van der Waals surface area contributed by atoms with Crippen molar-refractivity contribution in [1.29, 1.82) is 5.41 Å². The van der Waals surface area contributed by atoms with Crippen LogP contribution >= 0.6 is 0 Å². The van der Waals surface area contributed by atoms with Gasteiger partial charge in [-0.05, 0) is 18.1 Å². The number of benzene rings is 1. The van der Waals surface area contributed by atoms with E-state index in [1.807, 2.05) is 24.3 Å². The van der Waals surface area contributed by atoms with Crippen molar-refractivity contribution in [1.82, 2.24) is 20.9 Å². The van der Waals surface area contributed by atoms with E-state index in [4.69, 9.17) is 5.41 Å². The molecule has 11 nitrogen and oxygen atoms in total. The Balaban J connectivity index is 2.18. The number of aliphatic carboxylic acids is 1. The van der Waals surface area contributed by atoms with Crippen molar-refractivity contribution >= 4 is 46.6 Å². The van der Waals surface area contributed by atoms with Crippen LogP contribution < -0.4 is 16.0 Å². The van der Waals surface area contributed by atoms with Gasteiger partial charge < -0.3 is 31.5 Å². The minimum atomic E-state index is -1.37. The molecule has 33 heavy (non-hydrogen) atoms. The molecule has 0 aliphatic carbocycles. The number of carboxylic acids is 1. The van der Waals surface area contributed by atoms with Crippen LogP contribution in [0, 0.1) is 5.41 Å². The molecule has 0 saturated heterocycles. The summed E-state index contributed by atoms with van der Waals surface area (Å²) in [5.41, 5.74) is 1.57. The molecule has 0 spiro atoms. The number of hydrogen-bond donors (Lipinski definition) is 6. The highest BCUT2D eigenvalue weighted by atomic mass is 16.4. The molecule has 11 heteroatoms. The van der Waals surface area contributed by atoms with Crippen LogP contribution in [0.1, 0.15) is 31.7 Å². The lowest BCUT2D eigenvalue weighted by atomic mass is 10.0. The highest BCUT2D eigenvalue weighted by Gasteiger charge is 2.27. The summed E-state index contributed by atoms with van der Waals surface area (Å²) in [6, 6.07) is 4.88. The van der Waals surface area contributed by atoms with Gasteiger partial charge in [0.25, 0.3) is 0 Å². The Bertz CT molecular complexity index is 1050. The number of para-hydroxylation sites is 1. The van der Waals surface area contributed by atoms with E-state index < -0.39 is 35.7 Å². The van der Waals surface area contributed by atoms with Crippen LogP contribution in [0.5, 0.6) is 0 Å². The van der Waals surface area contributed by atoms with E-state index in [1.165, 1.54) is 0 Å². The Morgan fingerprint density at radius 1 is 1.09 bits per heavy atom. The first-order valence-electron chi connectivity index (χ1n) is 10.4. The van der Waals surface area contributed by atoms with Crippen molar-refractivity contribution in [3.8, 4) is 0 Å². The normalized spacial score (nSPS) is 12.4. The Labute approximate surface area is 189 Å². The second kappa shape index (κ2) is 12.1. The zero-order chi connectivity index (χ0) is 24.4. The molecule has 0 aliphatic heterocycles. The smallest absolute Gasteiger partial charge is 0.326 e. The Hall–Kier alpha value is -4.02. The van der Waals surface area contributed by atoms with E-state index in [1.54, 1.807) is 13.1 Å². The number of Topliss-reactive ketones (excluding diaryl/α,β-unsaturated/α-hetero) is 1. The quantitative estimate of drug-likeness (QED) is 0.235. The number of amides is 3. The maximum atomic E-state index is 12.9. The Morgan fingerprint density at radius 2 is 1.82 bits per heavy atom. The van der Waals surface area contributed by atoms with E-state index in [-0.39, 0.29) is 38.1 Å². The van der Waals surface area contributed by atoms with Gasteiger partial charge in [0.1, 0.15) is 12.1 Å². The summed E-state index contributed by atoms with van der Waals surface area (Å²) >= 11 is 0. The Morgan fingerprint density at radius 3 is 2.48 bits per heavy atom. The van der Waals surface area contributed by atoms with Gasteiger partial charge in [-0.3, -0.25) is 19.2 Å². The number of rotatable bonds is 13. The van der Waals surface area contributed by atoms with Gasteiger partial charge in [-0.2, -0.15) is 0 Å². The maximum Gasteiger partial charge on any atom is 0.326 e. The number of hydrogen-bond acceptors (Lipinski definition) is 6. The van der Waals surface area contributed by atoms with Crippen molar-refractivity contribution in [2.75, 3.05) is 6.54 Å². The molecule has 0 radical (unpaired) electrons. The minimum absolute atomic E-state index is 0.0646. The van der Waals surface area contributed by atoms with Gasteiger partial charge in [0.05, 0.1) is 12.8 Å². The average Bonchev–Trinajstić information content (AvgIpc) is 3.21. The number of nitrogens with one attached hydrogen (secondary N) is 5. The number of carboxylic acid groups (broad SMARTS) is 1. The van der Waals surface area contributed by atoms with Crippen molar-refractivity contribution in [3.05, 3.63) is 36.0 Å². The van der Waals surface area contributed by atoms with E-state index >= 15 is 0 Å². The van der Waals surface area contributed by atoms with Gasteiger partial charge in [-0.1, -0.05) is 25.1 Å². The highest BCUT2D eigenvalue weighted by Crippen LogP contribution is 2.19. The second-order valence-electron chi connectivity index (χ2n) is 7.36. The summed E-state index contributed by atoms with van der Waals surface area (Å²) < 4.78 is 0. The molecule has 3 amide bonds.